The molecule has 4 nitrogen and oxygen atoms in total. The fraction of sp³-hybridized carbons (Fsp3) is 0.538. The van der Waals surface area contributed by atoms with Crippen molar-refractivity contribution >= 4 is 17.1 Å². The lowest BCUT2D eigenvalue weighted by molar-refractivity contribution is 0.289. The van der Waals surface area contributed by atoms with Gasteiger partial charge >= 0.3 is 0 Å². The Bertz CT molecular complexity index is 374. The normalized spacial score (nSPS) is 15.2. The van der Waals surface area contributed by atoms with Crippen molar-refractivity contribution in [2.45, 2.75) is 25.8 Å². The molecule has 5 N–H and O–H groups in total. The van der Waals surface area contributed by atoms with Gasteiger partial charge in [0.15, 0.2) is 0 Å². The Kier molecular flexibility index (Phi) is 3.74. The Balaban J connectivity index is 1.78. The fourth-order valence-corrected chi connectivity index (χ4v) is 2.07. The summed E-state index contributed by atoms with van der Waals surface area (Å²) in [4.78, 5) is 2.52. The van der Waals surface area contributed by atoms with Crippen molar-refractivity contribution < 1.29 is 0 Å². The summed E-state index contributed by atoms with van der Waals surface area (Å²) in [6.07, 6.45) is 2.73. The van der Waals surface area contributed by atoms with Gasteiger partial charge in [0.25, 0.3) is 0 Å². The van der Waals surface area contributed by atoms with E-state index in [9.17, 15) is 0 Å². The summed E-state index contributed by atoms with van der Waals surface area (Å²) in [7, 11) is 0. The molecule has 1 saturated carbocycles. The van der Waals surface area contributed by atoms with Gasteiger partial charge in [0.05, 0.1) is 11.4 Å². The number of anilines is 3. The smallest absolute Gasteiger partial charge is 0.0568 e. The average molecular weight is 234 g/mol. The van der Waals surface area contributed by atoms with Crippen LogP contribution in [0, 0.1) is 0 Å². The number of benzene rings is 1. The van der Waals surface area contributed by atoms with Crippen molar-refractivity contribution in [2.24, 2.45) is 0 Å². The first-order valence-corrected chi connectivity index (χ1v) is 6.33. The standard InChI is InChI=1S/C13H22N4/c1-2-17(11-4-5-11)8-7-16-10-3-6-12(14)13(15)9-10/h3,6,9,11,16H,2,4-5,7-8,14-15H2,1H3. The molecule has 0 saturated heterocycles. The second-order valence-corrected chi connectivity index (χ2v) is 4.63. The molecule has 0 atom stereocenters. The number of rotatable bonds is 6. The van der Waals surface area contributed by atoms with Crippen LogP contribution in [0.4, 0.5) is 17.1 Å². The van der Waals surface area contributed by atoms with Gasteiger partial charge in [0.1, 0.15) is 0 Å². The molecule has 0 spiro atoms. The van der Waals surface area contributed by atoms with Gasteiger partial charge in [-0.1, -0.05) is 6.92 Å². The molecule has 1 aromatic carbocycles. The molecule has 0 radical (unpaired) electrons. The highest BCUT2D eigenvalue weighted by Gasteiger charge is 2.26. The minimum atomic E-state index is 0.642. The quantitative estimate of drug-likeness (QED) is 0.656. The summed E-state index contributed by atoms with van der Waals surface area (Å²) in [5.41, 5.74) is 13.8. The Morgan fingerprint density at radius 2 is 2.06 bits per heavy atom. The third kappa shape index (κ3) is 3.27. The summed E-state index contributed by atoms with van der Waals surface area (Å²) in [6, 6.07) is 6.54. The van der Waals surface area contributed by atoms with Crippen LogP contribution in [0.3, 0.4) is 0 Å². The molecule has 1 aliphatic carbocycles. The molecule has 1 fully saturated rings. The molecule has 0 bridgehead atoms. The van der Waals surface area contributed by atoms with Crippen LogP contribution in [0.15, 0.2) is 18.2 Å². The molecule has 0 amide bonds. The van der Waals surface area contributed by atoms with Crippen LogP contribution in [0.1, 0.15) is 19.8 Å². The van der Waals surface area contributed by atoms with Crippen LogP contribution < -0.4 is 16.8 Å². The van der Waals surface area contributed by atoms with E-state index in [4.69, 9.17) is 11.5 Å². The first-order valence-electron chi connectivity index (χ1n) is 6.33. The zero-order valence-corrected chi connectivity index (χ0v) is 10.4. The van der Waals surface area contributed by atoms with E-state index in [1.165, 1.54) is 12.8 Å². The minimum absolute atomic E-state index is 0.642. The number of nitrogens with two attached hydrogens (primary N) is 2. The molecule has 17 heavy (non-hydrogen) atoms. The van der Waals surface area contributed by atoms with Crippen molar-refractivity contribution in [3.05, 3.63) is 18.2 Å². The Hall–Kier alpha value is -1.42. The maximum atomic E-state index is 5.76. The Morgan fingerprint density at radius 3 is 2.65 bits per heavy atom. The zero-order chi connectivity index (χ0) is 12.3. The molecular weight excluding hydrogens is 212 g/mol. The second kappa shape index (κ2) is 5.27. The van der Waals surface area contributed by atoms with Gasteiger partial charge in [-0.25, -0.2) is 0 Å². The molecule has 2 rings (SSSR count). The molecule has 1 aromatic rings. The van der Waals surface area contributed by atoms with Crippen LogP contribution in [-0.2, 0) is 0 Å². The van der Waals surface area contributed by atoms with Crippen molar-refractivity contribution in [2.75, 3.05) is 36.4 Å². The van der Waals surface area contributed by atoms with E-state index >= 15 is 0 Å². The van der Waals surface area contributed by atoms with Gasteiger partial charge in [-0.3, -0.25) is 4.90 Å². The van der Waals surface area contributed by atoms with Crippen molar-refractivity contribution in [3.8, 4) is 0 Å². The van der Waals surface area contributed by atoms with Crippen molar-refractivity contribution in [1.82, 2.24) is 4.90 Å². The lowest BCUT2D eigenvalue weighted by Crippen LogP contribution is -2.30. The van der Waals surface area contributed by atoms with E-state index < -0.39 is 0 Å². The molecular formula is C13H22N4. The molecule has 4 heteroatoms. The summed E-state index contributed by atoms with van der Waals surface area (Å²) < 4.78 is 0. The number of nitrogens with one attached hydrogen (secondary N) is 1. The predicted octanol–water partition coefficient (Wildman–Crippen LogP) is 1.75. The second-order valence-electron chi connectivity index (χ2n) is 4.63. The van der Waals surface area contributed by atoms with E-state index in [2.05, 4.69) is 17.1 Å². The van der Waals surface area contributed by atoms with Crippen molar-refractivity contribution in [1.29, 1.82) is 0 Å². The number of nitrogen functional groups attached to an aromatic ring is 2. The highest BCUT2D eigenvalue weighted by molar-refractivity contribution is 5.69. The molecule has 1 aliphatic rings. The number of hydrogen-bond acceptors (Lipinski definition) is 4. The minimum Gasteiger partial charge on any atom is -0.397 e. The topological polar surface area (TPSA) is 67.3 Å². The van der Waals surface area contributed by atoms with E-state index in [0.717, 1.165) is 31.4 Å². The number of nitrogens with zero attached hydrogens (tertiary/aromatic N) is 1. The van der Waals surface area contributed by atoms with Gasteiger partial charge < -0.3 is 16.8 Å². The summed E-state index contributed by atoms with van der Waals surface area (Å²) >= 11 is 0. The van der Waals surface area contributed by atoms with Gasteiger partial charge in [0.2, 0.25) is 0 Å². The first-order chi connectivity index (χ1) is 8.20. The molecule has 0 heterocycles. The molecule has 0 aromatic heterocycles. The molecule has 0 unspecified atom stereocenters. The van der Waals surface area contributed by atoms with E-state index in [0.29, 0.717) is 11.4 Å². The van der Waals surface area contributed by atoms with Gasteiger partial charge in [-0.2, -0.15) is 0 Å². The van der Waals surface area contributed by atoms with Crippen LogP contribution in [-0.4, -0.2) is 30.6 Å². The zero-order valence-electron chi connectivity index (χ0n) is 10.4. The number of hydrogen-bond donors (Lipinski definition) is 3. The fourth-order valence-electron chi connectivity index (χ4n) is 2.07. The third-order valence-corrected chi connectivity index (χ3v) is 3.28. The van der Waals surface area contributed by atoms with Gasteiger partial charge in [0, 0.05) is 24.8 Å². The third-order valence-electron chi connectivity index (χ3n) is 3.28. The van der Waals surface area contributed by atoms with E-state index in [1.807, 2.05) is 18.2 Å². The number of likely N-dealkylation sites (N-methyl/N-ethyl adjacent to an activating group) is 1. The molecule has 94 valence electrons. The maximum absolute atomic E-state index is 5.76. The van der Waals surface area contributed by atoms with Crippen LogP contribution in [0.5, 0.6) is 0 Å². The predicted molar refractivity (Wildman–Crippen MR) is 74.0 cm³/mol. The first kappa shape index (κ1) is 12.0. The summed E-state index contributed by atoms with van der Waals surface area (Å²) in [5, 5.41) is 3.38. The van der Waals surface area contributed by atoms with Crippen LogP contribution in [0.25, 0.3) is 0 Å². The highest BCUT2D eigenvalue weighted by atomic mass is 15.2. The largest absolute Gasteiger partial charge is 0.397 e. The Morgan fingerprint density at radius 1 is 1.29 bits per heavy atom. The summed E-state index contributed by atoms with van der Waals surface area (Å²) in [5.74, 6) is 0. The SMILES string of the molecule is CCN(CCNc1ccc(N)c(N)c1)C1CC1. The van der Waals surface area contributed by atoms with Gasteiger partial charge in [-0.05, 0) is 37.6 Å². The lowest BCUT2D eigenvalue weighted by atomic mass is 10.2. The summed E-state index contributed by atoms with van der Waals surface area (Å²) in [6.45, 7) is 5.40. The average Bonchev–Trinajstić information content (AvgIpc) is 3.13. The van der Waals surface area contributed by atoms with E-state index in [1.54, 1.807) is 0 Å². The van der Waals surface area contributed by atoms with E-state index in [-0.39, 0.29) is 0 Å². The van der Waals surface area contributed by atoms with Crippen LogP contribution >= 0.6 is 0 Å². The van der Waals surface area contributed by atoms with Crippen molar-refractivity contribution in [3.63, 3.8) is 0 Å². The lowest BCUT2D eigenvalue weighted by Gasteiger charge is -2.20. The van der Waals surface area contributed by atoms with Gasteiger partial charge in [-0.15, -0.1) is 0 Å². The van der Waals surface area contributed by atoms with Crippen LogP contribution in [0.2, 0.25) is 0 Å². The highest BCUT2D eigenvalue weighted by Crippen LogP contribution is 2.26. The maximum Gasteiger partial charge on any atom is 0.0568 e. The molecule has 0 aliphatic heterocycles. The monoisotopic (exact) mass is 234 g/mol. The Labute approximate surface area is 103 Å².